The van der Waals surface area contributed by atoms with Gasteiger partial charge in [0.2, 0.25) is 0 Å². The number of para-hydroxylation sites is 1. The third-order valence-electron chi connectivity index (χ3n) is 4.71. The number of ether oxygens (including phenoxy) is 2. The topological polar surface area (TPSA) is 76.2 Å². The summed E-state index contributed by atoms with van der Waals surface area (Å²) in [6, 6.07) is 17.3. The highest BCUT2D eigenvalue weighted by molar-refractivity contribution is 5.93. The van der Waals surface area contributed by atoms with Gasteiger partial charge in [-0.3, -0.25) is 9.89 Å². The Kier molecular flexibility index (Phi) is 5.44. The Balaban J connectivity index is 1.26. The Morgan fingerprint density at radius 3 is 2.87 bits per heavy atom. The lowest BCUT2D eigenvalue weighted by molar-refractivity contribution is 0.0953. The van der Waals surface area contributed by atoms with Gasteiger partial charge in [-0.2, -0.15) is 5.10 Å². The van der Waals surface area contributed by atoms with E-state index in [2.05, 4.69) is 47.3 Å². The van der Waals surface area contributed by atoms with Crippen molar-refractivity contribution in [3.63, 3.8) is 0 Å². The summed E-state index contributed by atoms with van der Waals surface area (Å²) in [7, 11) is 0. The first-order valence-corrected chi connectivity index (χ1v) is 9.80. The molecule has 1 amide bonds. The molecule has 152 valence electrons. The van der Waals surface area contributed by atoms with Crippen molar-refractivity contribution >= 4 is 5.91 Å². The Morgan fingerprint density at radius 1 is 1.20 bits per heavy atom. The lowest BCUT2D eigenvalue weighted by Crippen LogP contribution is -2.24. The Bertz CT molecular complexity index is 1110. The van der Waals surface area contributed by atoms with Crippen molar-refractivity contribution in [1.29, 1.82) is 0 Å². The van der Waals surface area contributed by atoms with Gasteiger partial charge in [-0.1, -0.05) is 54.3 Å². The number of amides is 1. The predicted octanol–water partition coefficient (Wildman–Crippen LogP) is 3.60. The minimum absolute atomic E-state index is 0.217. The second kappa shape index (κ2) is 8.34. The molecule has 0 unspecified atom stereocenters. The van der Waals surface area contributed by atoms with E-state index >= 15 is 0 Å². The summed E-state index contributed by atoms with van der Waals surface area (Å²) in [5.41, 5.74) is 2.99. The lowest BCUT2D eigenvalue weighted by Gasteiger charge is -2.17. The van der Waals surface area contributed by atoms with Crippen LogP contribution >= 0.6 is 0 Å². The van der Waals surface area contributed by atoms with Gasteiger partial charge >= 0.3 is 0 Å². The molecule has 4 rings (SSSR count). The van der Waals surface area contributed by atoms with E-state index in [-0.39, 0.29) is 24.7 Å². The van der Waals surface area contributed by atoms with Crippen LogP contribution in [0.1, 0.15) is 29.9 Å². The largest absolute Gasteiger partial charge is 0.483 e. The molecule has 1 aliphatic rings. The molecule has 2 heterocycles. The van der Waals surface area contributed by atoms with Crippen LogP contribution in [-0.4, -0.2) is 34.9 Å². The zero-order chi connectivity index (χ0) is 21.0. The number of benzene rings is 2. The molecule has 0 aliphatic carbocycles. The zero-order valence-electron chi connectivity index (χ0n) is 17.0. The van der Waals surface area contributed by atoms with Gasteiger partial charge < -0.3 is 14.8 Å². The number of rotatable bonds is 5. The fourth-order valence-corrected chi connectivity index (χ4v) is 3.34. The number of nitrogens with zero attached hydrogens (tertiary/aromatic N) is 1. The van der Waals surface area contributed by atoms with E-state index in [0.717, 1.165) is 29.0 Å². The molecule has 1 aromatic heterocycles. The van der Waals surface area contributed by atoms with Crippen LogP contribution in [0.25, 0.3) is 11.3 Å². The van der Waals surface area contributed by atoms with Crippen LogP contribution in [0, 0.1) is 11.8 Å². The molecule has 0 radical (unpaired) electrons. The number of carbonyl (C=O) groups is 1. The van der Waals surface area contributed by atoms with Crippen molar-refractivity contribution in [2.45, 2.75) is 25.9 Å². The summed E-state index contributed by atoms with van der Waals surface area (Å²) in [5.74, 6) is 7.05. The third kappa shape index (κ3) is 4.47. The molecule has 0 saturated heterocycles. The SMILES string of the molecule is CC1(C)Cc2cccc(OCC#CCNC(=O)c3cc(-c4ccccc4)n[nH]3)c2O1. The van der Waals surface area contributed by atoms with Crippen molar-refractivity contribution < 1.29 is 14.3 Å². The molecule has 0 fully saturated rings. The van der Waals surface area contributed by atoms with Crippen LogP contribution in [0.5, 0.6) is 11.5 Å². The second-order valence-electron chi connectivity index (χ2n) is 7.64. The number of aromatic amines is 1. The van der Waals surface area contributed by atoms with Crippen LogP contribution in [0.15, 0.2) is 54.6 Å². The van der Waals surface area contributed by atoms with Gasteiger partial charge in [0.15, 0.2) is 11.5 Å². The lowest BCUT2D eigenvalue weighted by atomic mass is 10.0. The molecule has 0 spiro atoms. The maximum absolute atomic E-state index is 12.2. The Hall–Kier alpha value is -3.72. The fraction of sp³-hybridized carbons (Fsp3) is 0.250. The highest BCUT2D eigenvalue weighted by Crippen LogP contribution is 2.41. The van der Waals surface area contributed by atoms with Gasteiger partial charge in [0.05, 0.1) is 12.2 Å². The van der Waals surface area contributed by atoms with Crippen LogP contribution in [0.2, 0.25) is 0 Å². The molecule has 3 aromatic rings. The van der Waals surface area contributed by atoms with Gasteiger partial charge in [0.1, 0.15) is 17.9 Å². The number of aromatic nitrogens is 2. The molecule has 2 aromatic carbocycles. The average Bonchev–Trinajstić information content (AvgIpc) is 3.35. The summed E-state index contributed by atoms with van der Waals surface area (Å²) in [6.45, 7) is 4.56. The van der Waals surface area contributed by atoms with Gasteiger partial charge in [-0.05, 0) is 26.0 Å². The number of nitrogens with one attached hydrogen (secondary N) is 2. The van der Waals surface area contributed by atoms with Crippen LogP contribution < -0.4 is 14.8 Å². The van der Waals surface area contributed by atoms with Crippen molar-refractivity contribution in [3.8, 4) is 34.6 Å². The quantitative estimate of drug-likeness (QED) is 0.641. The van der Waals surface area contributed by atoms with Gasteiger partial charge in [-0.15, -0.1) is 0 Å². The van der Waals surface area contributed by atoms with Crippen LogP contribution in [0.3, 0.4) is 0 Å². The molecule has 30 heavy (non-hydrogen) atoms. The van der Waals surface area contributed by atoms with Crippen molar-refractivity contribution in [2.75, 3.05) is 13.2 Å². The summed E-state index contributed by atoms with van der Waals surface area (Å²) in [6.07, 6.45) is 0.858. The minimum atomic E-state index is -0.253. The molecular formula is C24H23N3O3. The molecule has 1 aliphatic heterocycles. The normalized spacial score (nSPS) is 13.5. The minimum Gasteiger partial charge on any atom is -0.483 e. The summed E-state index contributed by atoms with van der Waals surface area (Å²) < 4.78 is 11.7. The van der Waals surface area contributed by atoms with E-state index in [0.29, 0.717) is 11.4 Å². The Labute approximate surface area is 175 Å². The molecular weight excluding hydrogens is 378 g/mol. The molecule has 6 nitrogen and oxygen atoms in total. The maximum Gasteiger partial charge on any atom is 0.270 e. The highest BCUT2D eigenvalue weighted by Gasteiger charge is 2.32. The number of fused-ring (bicyclic) bond motifs is 1. The number of hydrogen-bond donors (Lipinski definition) is 2. The summed E-state index contributed by atoms with van der Waals surface area (Å²) in [5, 5.41) is 9.69. The van der Waals surface area contributed by atoms with E-state index in [1.807, 2.05) is 42.5 Å². The molecule has 0 atom stereocenters. The van der Waals surface area contributed by atoms with Crippen LogP contribution in [0.4, 0.5) is 0 Å². The van der Waals surface area contributed by atoms with E-state index in [9.17, 15) is 4.79 Å². The number of carbonyl (C=O) groups excluding carboxylic acids is 1. The first kappa shape index (κ1) is 19.6. The maximum atomic E-state index is 12.2. The molecule has 0 saturated carbocycles. The standard InChI is InChI=1S/C24H23N3O3/c1-24(2)16-18-11-8-12-21(22(18)30-24)29-14-7-6-13-25-23(28)20-15-19(26-27-20)17-9-4-3-5-10-17/h3-5,8-12,15H,13-14,16H2,1-2H3,(H,25,28)(H,26,27). The smallest absolute Gasteiger partial charge is 0.270 e. The average molecular weight is 401 g/mol. The van der Waals surface area contributed by atoms with E-state index in [1.54, 1.807) is 6.07 Å². The summed E-state index contributed by atoms with van der Waals surface area (Å²) in [4.78, 5) is 12.2. The molecule has 6 heteroatoms. The molecule has 0 bridgehead atoms. The Morgan fingerprint density at radius 2 is 2.03 bits per heavy atom. The van der Waals surface area contributed by atoms with Crippen molar-refractivity contribution in [1.82, 2.24) is 15.5 Å². The predicted molar refractivity (Wildman–Crippen MR) is 114 cm³/mol. The van der Waals surface area contributed by atoms with E-state index < -0.39 is 0 Å². The second-order valence-corrected chi connectivity index (χ2v) is 7.64. The van der Waals surface area contributed by atoms with Crippen molar-refractivity contribution in [2.24, 2.45) is 0 Å². The summed E-state index contributed by atoms with van der Waals surface area (Å²) >= 11 is 0. The fourth-order valence-electron chi connectivity index (χ4n) is 3.34. The number of hydrogen-bond acceptors (Lipinski definition) is 4. The van der Waals surface area contributed by atoms with Gasteiger partial charge in [-0.25, -0.2) is 0 Å². The van der Waals surface area contributed by atoms with E-state index in [1.165, 1.54) is 0 Å². The number of H-pyrrole nitrogens is 1. The van der Waals surface area contributed by atoms with Crippen LogP contribution in [-0.2, 0) is 6.42 Å². The van der Waals surface area contributed by atoms with Gasteiger partial charge in [0, 0.05) is 17.5 Å². The first-order valence-electron chi connectivity index (χ1n) is 9.80. The monoisotopic (exact) mass is 401 g/mol. The van der Waals surface area contributed by atoms with Crippen molar-refractivity contribution in [3.05, 3.63) is 65.9 Å². The highest BCUT2D eigenvalue weighted by atomic mass is 16.5. The first-order chi connectivity index (χ1) is 14.5. The van der Waals surface area contributed by atoms with Gasteiger partial charge in [0.25, 0.3) is 5.91 Å². The third-order valence-corrected chi connectivity index (χ3v) is 4.71. The molecule has 2 N–H and O–H groups in total. The van der Waals surface area contributed by atoms with E-state index in [4.69, 9.17) is 9.47 Å². The zero-order valence-corrected chi connectivity index (χ0v) is 17.0.